The van der Waals surface area contributed by atoms with Gasteiger partial charge in [0.1, 0.15) is 0 Å². The van der Waals surface area contributed by atoms with E-state index in [0.717, 1.165) is 11.1 Å². The van der Waals surface area contributed by atoms with Crippen molar-refractivity contribution in [2.45, 2.75) is 39.4 Å². The topological polar surface area (TPSA) is 44.8 Å². The van der Waals surface area contributed by atoms with E-state index in [0.29, 0.717) is 26.1 Å². The summed E-state index contributed by atoms with van der Waals surface area (Å²) in [4.78, 5) is 11.7. The summed E-state index contributed by atoms with van der Waals surface area (Å²) >= 11 is 0. The van der Waals surface area contributed by atoms with Crippen molar-refractivity contribution in [2.24, 2.45) is 5.41 Å². The molecule has 0 N–H and O–H groups in total. The molecule has 1 saturated heterocycles. The predicted octanol–water partition coefficient (Wildman–Crippen LogP) is 2.04. The maximum atomic E-state index is 11.7. The van der Waals surface area contributed by atoms with Gasteiger partial charge in [-0.1, -0.05) is 19.4 Å². The minimum absolute atomic E-state index is 0.233. The minimum Gasteiger partial charge on any atom is -0.466 e. The molecule has 4 heteroatoms. The van der Waals surface area contributed by atoms with Crippen molar-refractivity contribution in [2.75, 3.05) is 20.3 Å². The molecule has 2 rings (SSSR count). The van der Waals surface area contributed by atoms with Gasteiger partial charge in [0.2, 0.25) is 0 Å². The molecule has 1 spiro atoms. The van der Waals surface area contributed by atoms with Crippen LogP contribution in [-0.4, -0.2) is 32.1 Å². The Morgan fingerprint density at radius 2 is 1.88 bits per heavy atom. The monoisotopic (exact) mass is 240 g/mol. The first-order valence-corrected chi connectivity index (χ1v) is 6.01. The molecule has 4 nitrogen and oxygen atoms in total. The summed E-state index contributed by atoms with van der Waals surface area (Å²) in [7, 11) is 1.42. The lowest BCUT2D eigenvalue weighted by Gasteiger charge is -2.46. The average Bonchev–Trinajstić information content (AvgIpc) is 2.77. The summed E-state index contributed by atoms with van der Waals surface area (Å²) in [6, 6.07) is 0. The van der Waals surface area contributed by atoms with Gasteiger partial charge in [-0.3, -0.25) is 0 Å². The lowest BCUT2D eigenvalue weighted by atomic mass is 9.68. The van der Waals surface area contributed by atoms with E-state index in [4.69, 9.17) is 14.2 Å². The summed E-state index contributed by atoms with van der Waals surface area (Å²) in [5.74, 6) is -0.794. The third-order valence-corrected chi connectivity index (χ3v) is 4.23. The van der Waals surface area contributed by atoms with E-state index < -0.39 is 5.79 Å². The number of hydrogen-bond acceptors (Lipinski definition) is 4. The molecule has 0 bridgehead atoms. The van der Waals surface area contributed by atoms with Gasteiger partial charge in [0, 0.05) is 17.4 Å². The van der Waals surface area contributed by atoms with Gasteiger partial charge in [-0.2, -0.15) is 0 Å². The quantitative estimate of drug-likeness (QED) is 0.658. The third kappa shape index (κ3) is 1.70. The number of esters is 1. The highest BCUT2D eigenvalue weighted by Crippen LogP contribution is 2.51. The number of carbonyl (C=O) groups excluding carboxylic acids is 1. The Hall–Kier alpha value is -0.870. The molecule has 0 radical (unpaired) electrons. The van der Waals surface area contributed by atoms with Gasteiger partial charge in [0.15, 0.2) is 5.79 Å². The molecule has 96 valence electrons. The van der Waals surface area contributed by atoms with Crippen LogP contribution in [0.3, 0.4) is 0 Å². The number of hydrogen-bond donors (Lipinski definition) is 0. The molecule has 1 heterocycles. The summed E-state index contributed by atoms with van der Waals surface area (Å²) < 4.78 is 16.5. The summed E-state index contributed by atoms with van der Waals surface area (Å²) in [5.41, 5.74) is 1.48. The highest BCUT2D eigenvalue weighted by Gasteiger charge is 2.54. The molecule has 1 fully saturated rings. The first kappa shape index (κ1) is 12.6. The zero-order valence-electron chi connectivity index (χ0n) is 11.0. The Morgan fingerprint density at radius 3 is 2.41 bits per heavy atom. The van der Waals surface area contributed by atoms with Crippen LogP contribution >= 0.6 is 0 Å². The lowest BCUT2D eigenvalue weighted by molar-refractivity contribution is -0.224. The van der Waals surface area contributed by atoms with E-state index in [2.05, 4.69) is 13.8 Å². The lowest BCUT2D eigenvalue weighted by Crippen LogP contribution is -2.49. The van der Waals surface area contributed by atoms with Crippen LogP contribution in [0.2, 0.25) is 0 Å². The molecule has 1 aliphatic carbocycles. The third-order valence-electron chi connectivity index (χ3n) is 4.23. The SMILES string of the molecule is COC(=O)C1=C(C)C(C)(C)C2(CC1)OCCO2. The van der Waals surface area contributed by atoms with Crippen LogP contribution in [-0.2, 0) is 19.0 Å². The first-order chi connectivity index (χ1) is 7.94. The zero-order valence-corrected chi connectivity index (χ0v) is 11.0. The first-order valence-electron chi connectivity index (χ1n) is 6.01. The van der Waals surface area contributed by atoms with E-state index in [1.807, 2.05) is 6.92 Å². The van der Waals surface area contributed by atoms with Crippen LogP contribution in [0.15, 0.2) is 11.1 Å². The van der Waals surface area contributed by atoms with Crippen molar-refractivity contribution in [1.29, 1.82) is 0 Å². The molecule has 0 aromatic rings. The van der Waals surface area contributed by atoms with E-state index in [9.17, 15) is 4.79 Å². The van der Waals surface area contributed by atoms with Crippen molar-refractivity contribution in [1.82, 2.24) is 0 Å². The molecular weight excluding hydrogens is 220 g/mol. The molecule has 0 aromatic heterocycles. The fourth-order valence-electron chi connectivity index (χ4n) is 2.79. The van der Waals surface area contributed by atoms with Crippen LogP contribution in [0.5, 0.6) is 0 Å². The molecule has 0 atom stereocenters. The Kier molecular flexibility index (Phi) is 3.04. The van der Waals surface area contributed by atoms with Crippen LogP contribution in [0.1, 0.15) is 33.6 Å². The minimum atomic E-state index is -0.561. The van der Waals surface area contributed by atoms with E-state index >= 15 is 0 Å². The summed E-state index contributed by atoms with van der Waals surface area (Å²) in [6.45, 7) is 7.36. The van der Waals surface area contributed by atoms with Gasteiger partial charge in [0.25, 0.3) is 0 Å². The predicted molar refractivity (Wildman–Crippen MR) is 62.4 cm³/mol. The molecule has 17 heavy (non-hydrogen) atoms. The van der Waals surface area contributed by atoms with Gasteiger partial charge < -0.3 is 14.2 Å². The molecular formula is C13H20O4. The highest BCUT2D eigenvalue weighted by atomic mass is 16.7. The summed E-state index contributed by atoms with van der Waals surface area (Å²) in [6.07, 6.45) is 1.36. The van der Waals surface area contributed by atoms with Gasteiger partial charge >= 0.3 is 5.97 Å². The maximum Gasteiger partial charge on any atom is 0.333 e. The molecule has 0 amide bonds. The molecule has 0 saturated carbocycles. The zero-order chi connectivity index (χ0) is 12.7. The van der Waals surface area contributed by atoms with Crippen molar-refractivity contribution in [3.8, 4) is 0 Å². The van der Waals surface area contributed by atoms with E-state index in [1.54, 1.807) is 0 Å². The molecule has 0 aromatic carbocycles. The smallest absolute Gasteiger partial charge is 0.333 e. The van der Waals surface area contributed by atoms with Crippen LogP contribution in [0.4, 0.5) is 0 Å². The molecule has 1 aliphatic heterocycles. The van der Waals surface area contributed by atoms with E-state index in [-0.39, 0.29) is 11.4 Å². The second kappa shape index (κ2) is 4.10. The largest absolute Gasteiger partial charge is 0.466 e. The number of carbonyl (C=O) groups is 1. The van der Waals surface area contributed by atoms with Gasteiger partial charge in [-0.05, 0) is 13.3 Å². The standard InChI is InChI=1S/C13H20O4/c1-9-10(11(14)15-4)5-6-13(12(9,2)3)16-7-8-17-13/h5-8H2,1-4H3. The van der Waals surface area contributed by atoms with Crippen molar-refractivity contribution >= 4 is 5.97 Å². The van der Waals surface area contributed by atoms with Crippen LogP contribution < -0.4 is 0 Å². The van der Waals surface area contributed by atoms with E-state index in [1.165, 1.54) is 7.11 Å². The normalized spacial score (nSPS) is 26.4. The highest BCUT2D eigenvalue weighted by molar-refractivity contribution is 5.89. The molecule has 2 aliphatic rings. The van der Waals surface area contributed by atoms with Crippen molar-refractivity contribution < 1.29 is 19.0 Å². The fraction of sp³-hybridized carbons (Fsp3) is 0.769. The molecule has 0 unspecified atom stereocenters. The second-order valence-electron chi connectivity index (χ2n) is 5.17. The Bertz CT molecular complexity index is 362. The summed E-state index contributed by atoms with van der Waals surface area (Å²) in [5, 5.41) is 0. The number of ether oxygens (including phenoxy) is 3. The van der Waals surface area contributed by atoms with Crippen LogP contribution in [0.25, 0.3) is 0 Å². The number of rotatable bonds is 1. The maximum absolute atomic E-state index is 11.7. The Balaban J connectivity index is 2.39. The fourth-order valence-corrected chi connectivity index (χ4v) is 2.79. The van der Waals surface area contributed by atoms with Gasteiger partial charge in [0.05, 0.1) is 20.3 Å². The average molecular weight is 240 g/mol. The van der Waals surface area contributed by atoms with Crippen molar-refractivity contribution in [3.05, 3.63) is 11.1 Å². The second-order valence-corrected chi connectivity index (χ2v) is 5.17. The Labute approximate surface area is 102 Å². The Morgan fingerprint density at radius 1 is 1.29 bits per heavy atom. The van der Waals surface area contributed by atoms with Crippen molar-refractivity contribution in [3.63, 3.8) is 0 Å². The number of methoxy groups -OCH3 is 1. The van der Waals surface area contributed by atoms with Gasteiger partial charge in [-0.25, -0.2) is 4.79 Å². The van der Waals surface area contributed by atoms with Crippen LogP contribution in [0, 0.1) is 5.41 Å². The van der Waals surface area contributed by atoms with Gasteiger partial charge in [-0.15, -0.1) is 0 Å².